The van der Waals surface area contributed by atoms with Crippen LogP contribution in [0, 0.1) is 0 Å². The van der Waals surface area contributed by atoms with E-state index in [0.29, 0.717) is 25.3 Å². The van der Waals surface area contributed by atoms with Gasteiger partial charge in [-0.2, -0.15) is 0 Å². The Morgan fingerprint density at radius 3 is 2.75 bits per heavy atom. The third-order valence-corrected chi connectivity index (χ3v) is 4.44. The lowest BCUT2D eigenvalue weighted by atomic mass is 10.0. The molecule has 2 heterocycles. The molecule has 0 saturated carbocycles. The number of rotatable bonds is 2. The topological polar surface area (TPSA) is 42.4 Å². The average molecular weight is 318 g/mol. The minimum Gasteiger partial charge on any atom is -0.377 e. The Balaban J connectivity index is 1.74. The van der Waals surface area contributed by atoms with E-state index >= 15 is 0 Å². The van der Waals surface area contributed by atoms with Gasteiger partial charge in [-0.1, -0.05) is 48.5 Å². The fourth-order valence-corrected chi connectivity index (χ4v) is 3.23. The Morgan fingerprint density at radius 1 is 1.04 bits per heavy atom. The molecule has 2 aromatic carbocycles. The minimum absolute atomic E-state index is 0.0106. The first-order chi connectivity index (χ1) is 11.8. The number of ether oxygens (including phenoxy) is 1. The first-order valence-corrected chi connectivity index (χ1v) is 8.12. The van der Waals surface area contributed by atoms with Gasteiger partial charge in [-0.05, 0) is 17.7 Å². The van der Waals surface area contributed by atoms with Crippen LogP contribution in [-0.4, -0.2) is 35.5 Å². The molecule has 1 amide bonds. The van der Waals surface area contributed by atoms with Crippen molar-refractivity contribution < 1.29 is 9.53 Å². The standard InChI is InChI=1S/C20H18N2O2/c23-20(17-10-4-8-16-9-5-11-21-19(16)17)22-12-13-24-14-18(22)15-6-2-1-3-7-15/h1-11,18H,12-14H2/t18-/m0/s1. The maximum absolute atomic E-state index is 13.2. The van der Waals surface area contributed by atoms with Gasteiger partial charge in [0, 0.05) is 18.1 Å². The second-order valence-corrected chi connectivity index (χ2v) is 5.88. The molecule has 0 N–H and O–H groups in total. The normalized spacial score (nSPS) is 17.8. The first-order valence-electron chi connectivity index (χ1n) is 8.12. The zero-order valence-corrected chi connectivity index (χ0v) is 13.3. The number of hydrogen-bond donors (Lipinski definition) is 0. The van der Waals surface area contributed by atoms with Crippen molar-refractivity contribution in [3.8, 4) is 0 Å². The molecule has 1 saturated heterocycles. The van der Waals surface area contributed by atoms with E-state index in [4.69, 9.17) is 4.74 Å². The number of hydrogen-bond acceptors (Lipinski definition) is 3. The van der Waals surface area contributed by atoms with Crippen molar-refractivity contribution in [1.29, 1.82) is 0 Å². The predicted molar refractivity (Wildman–Crippen MR) is 92.8 cm³/mol. The van der Waals surface area contributed by atoms with Gasteiger partial charge >= 0.3 is 0 Å². The van der Waals surface area contributed by atoms with E-state index in [1.54, 1.807) is 6.20 Å². The second kappa shape index (κ2) is 6.42. The maximum atomic E-state index is 13.2. The molecule has 4 rings (SSSR count). The van der Waals surface area contributed by atoms with Crippen LogP contribution in [0.4, 0.5) is 0 Å². The fourth-order valence-electron chi connectivity index (χ4n) is 3.23. The number of carbonyl (C=O) groups excluding carboxylic acids is 1. The van der Waals surface area contributed by atoms with Gasteiger partial charge in [-0.15, -0.1) is 0 Å². The van der Waals surface area contributed by atoms with Crippen LogP contribution in [0.25, 0.3) is 10.9 Å². The Labute approximate surface area is 140 Å². The molecule has 0 aliphatic carbocycles. The van der Waals surface area contributed by atoms with Crippen LogP contribution < -0.4 is 0 Å². The van der Waals surface area contributed by atoms with Crippen molar-refractivity contribution in [2.75, 3.05) is 19.8 Å². The number of amides is 1. The van der Waals surface area contributed by atoms with Gasteiger partial charge in [0.2, 0.25) is 0 Å². The van der Waals surface area contributed by atoms with Gasteiger partial charge in [-0.25, -0.2) is 0 Å². The molecular weight excluding hydrogens is 300 g/mol. The number of pyridine rings is 1. The van der Waals surface area contributed by atoms with E-state index in [2.05, 4.69) is 4.98 Å². The van der Waals surface area contributed by atoms with E-state index < -0.39 is 0 Å². The molecule has 4 nitrogen and oxygen atoms in total. The highest BCUT2D eigenvalue weighted by molar-refractivity contribution is 6.05. The van der Waals surface area contributed by atoms with E-state index in [1.165, 1.54) is 0 Å². The van der Waals surface area contributed by atoms with Gasteiger partial charge in [0.15, 0.2) is 0 Å². The van der Waals surface area contributed by atoms with Crippen LogP contribution in [0.3, 0.4) is 0 Å². The molecular formula is C20H18N2O2. The molecule has 0 unspecified atom stereocenters. The molecule has 3 aromatic rings. The number of morpholine rings is 1. The van der Waals surface area contributed by atoms with Crippen molar-refractivity contribution in [3.05, 3.63) is 78.0 Å². The number of aromatic nitrogens is 1. The number of benzene rings is 2. The summed E-state index contributed by atoms with van der Waals surface area (Å²) < 4.78 is 5.63. The summed E-state index contributed by atoms with van der Waals surface area (Å²) in [6, 6.07) is 19.6. The lowest BCUT2D eigenvalue weighted by Gasteiger charge is -2.36. The van der Waals surface area contributed by atoms with Crippen LogP contribution >= 0.6 is 0 Å². The van der Waals surface area contributed by atoms with Crippen molar-refractivity contribution in [2.45, 2.75) is 6.04 Å². The summed E-state index contributed by atoms with van der Waals surface area (Å²) in [7, 11) is 0. The summed E-state index contributed by atoms with van der Waals surface area (Å²) in [5.41, 5.74) is 2.50. The molecule has 4 heteroatoms. The van der Waals surface area contributed by atoms with Crippen LogP contribution in [0.5, 0.6) is 0 Å². The molecule has 1 aromatic heterocycles. The fraction of sp³-hybridized carbons (Fsp3) is 0.200. The van der Waals surface area contributed by atoms with Crippen LogP contribution in [0.15, 0.2) is 66.9 Å². The highest BCUT2D eigenvalue weighted by atomic mass is 16.5. The molecule has 0 bridgehead atoms. The number of carbonyl (C=O) groups is 1. The molecule has 0 radical (unpaired) electrons. The summed E-state index contributed by atoms with van der Waals surface area (Å²) in [6.45, 7) is 1.67. The zero-order valence-electron chi connectivity index (χ0n) is 13.3. The Bertz CT molecular complexity index is 858. The van der Waals surface area contributed by atoms with Gasteiger partial charge in [0.25, 0.3) is 5.91 Å². The Morgan fingerprint density at radius 2 is 1.88 bits per heavy atom. The monoisotopic (exact) mass is 318 g/mol. The van der Waals surface area contributed by atoms with Gasteiger partial charge < -0.3 is 9.64 Å². The lowest BCUT2D eigenvalue weighted by Crippen LogP contribution is -2.43. The number of nitrogens with zero attached hydrogens (tertiary/aromatic N) is 2. The smallest absolute Gasteiger partial charge is 0.256 e. The SMILES string of the molecule is O=C(c1cccc2cccnc12)N1CCOC[C@H]1c1ccccc1. The summed E-state index contributed by atoms with van der Waals surface area (Å²) in [6.07, 6.45) is 1.73. The third kappa shape index (κ3) is 2.65. The zero-order chi connectivity index (χ0) is 16.4. The molecule has 24 heavy (non-hydrogen) atoms. The van der Waals surface area contributed by atoms with E-state index in [-0.39, 0.29) is 11.9 Å². The predicted octanol–water partition coefficient (Wildman–Crippen LogP) is 3.45. The van der Waals surface area contributed by atoms with Crippen molar-refractivity contribution in [1.82, 2.24) is 9.88 Å². The number of para-hydroxylation sites is 1. The van der Waals surface area contributed by atoms with E-state index in [1.807, 2.05) is 65.6 Å². The summed E-state index contributed by atoms with van der Waals surface area (Å²) in [5, 5.41) is 0.980. The lowest BCUT2D eigenvalue weighted by molar-refractivity contribution is -0.00260. The summed E-state index contributed by atoms with van der Waals surface area (Å²) >= 11 is 0. The molecule has 0 spiro atoms. The van der Waals surface area contributed by atoms with Crippen LogP contribution in [0.2, 0.25) is 0 Å². The Hall–Kier alpha value is -2.72. The molecule has 1 atom stereocenters. The van der Waals surface area contributed by atoms with Crippen molar-refractivity contribution in [2.24, 2.45) is 0 Å². The van der Waals surface area contributed by atoms with Crippen LogP contribution in [0.1, 0.15) is 22.0 Å². The van der Waals surface area contributed by atoms with Crippen molar-refractivity contribution in [3.63, 3.8) is 0 Å². The van der Waals surface area contributed by atoms with E-state index in [9.17, 15) is 4.79 Å². The molecule has 1 aliphatic rings. The highest BCUT2D eigenvalue weighted by Crippen LogP contribution is 2.27. The van der Waals surface area contributed by atoms with Gasteiger partial charge in [0.05, 0.1) is 30.3 Å². The molecule has 1 fully saturated rings. The molecule has 120 valence electrons. The minimum atomic E-state index is -0.0635. The second-order valence-electron chi connectivity index (χ2n) is 5.88. The quantitative estimate of drug-likeness (QED) is 0.727. The average Bonchev–Trinajstić information content (AvgIpc) is 2.68. The summed E-state index contributed by atoms with van der Waals surface area (Å²) in [5.74, 6) is 0.0106. The molecule has 1 aliphatic heterocycles. The van der Waals surface area contributed by atoms with Gasteiger partial charge in [0.1, 0.15) is 0 Å². The first kappa shape index (κ1) is 14.8. The summed E-state index contributed by atoms with van der Waals surface area (Å²) in [4.78, 5) is 19.5. The largest absolute Gasteiger partial charge is 0.377 e. The number of fused-ring (bicyclic) bond motifs is 1. The van der Waals surface area contributed by atoms with Crippen molar-refractivity contribution >= 4 is 16.8 Å². The maximum Gasteiger partial charge on any atom is 0.256 e. The Kier molecular flexibility index (Phi) is 3.97. The van der Waals surface area contributed by atoms with Gasteiger partial charge in [-0.3, -0.25) is 9.78 Å². The van der Waals surface area contributed by atoms with E-state index in [0.717, 1.165) is 16.5 Å². The van der Waals surface area contributed by atoms with Crippen LogP contribution in [-0.2, 0) is 4.74 Å². The highest BCUT2D eigenvalue weighted by Gasteiger charge is 2.30. The third-order valence-electron chi connectivity index (χ3n) is 4.44.